The van der Waals surface area contributed by atoms with Gasteiger partial charge in [-0.25, -0.2) is 10.0 Å². The fourth-order valence-corrected chi connectivity index (χ4v) is 1.18. The largest absolute Gasteiger partial charge is 0.238 e. The van der Waals surface area contributed by atoms with E-state index in [9.17, 15) is 0 Å². The molecule has 0 radical (unpaired) electrons. The van der Waals surface area contributed by atoms with Crippen LogP contribution in [-0.2, 0) is 0 Å². The van der Waals surface area contributed by atoms with Crippen molar-refractivity contribution in [1.29, 1.82) is 0 Å². The van der Waals surface area contributed by atoms with Crippen LogP contribution >= 0.6 is 0 Å². The molecule has 1 aliphatic rings. The molecule has 0 atom stereocenters. The third-order valence-electron chi connectivity index (χ3n) is 1.65. The summed E-state index contributed by atoms with van der Waals surface area (Å²) in [5.41, 5.74) is 1.97. The van der Waals surface area contributed by atoms with E-state index in [-0.39, 0.29) is 0 Å². The van der Waals surface area contributed by atoms with Crippen molar-refractivity contribution in [1.82, 2.24) is 5.01 Å². The quantitative estimate of drug-likeness (QED) is 0.582. The summed E-state index contributed by atoms with van der Waals surface area (Å²) in [6.07, 6.45) is 3.65. The molecule has 3 nitrogen and oxygen atoms in total. The molecule has 1 aliphatic heterocycles. The van der Waals surface area contributed by atoms with Gasteiger partial charge in [0, 0.05) is 6.20 Å². The Morgan fingerprint density at radius 3 is 2.58 bits per heavy atom. The lowest BCUT2D eigenvalue weighted by molar-refractivity contribution is 0.516. The van der Waals surface area contributed by atoms with Crippen LogP contribution < -0.4 is 0 Å². The number of aliphatic imine (C=N–C) groups is 1. The first-order valence-corrected chi connectivity index (χ1v) is 3.88. The topological polar surface area (TPSA) is 28.0 Å². The van der Waals surface area contributed by atoms with Gasteiger partial charge in [0.25, 0.3) is 0 Å². The minimum Gasteiger partial charge on any atom is -0.238 e. The smallest absolute Gasteiger partial charge is 0.146 e. The fourth-order valence-electron chi connectivity index (χ4n) is 1.18. The molecule has 0 spiro atoms. The van der Waals surface area contributed by atoms with Gasteiger partial charge in [-0.05, 0) is 20.8 Å². The third-order valence-corrected chi connectivity index (χ3v) is 1.65. The van der Waals surface area contributed by atoms with E-state index >= 15 is 0 Å². The van der Waals surface area contributed by atoms with Crippen LogP contribution in [0.4, 0.5) is 0 Å². The van der Waals surface area contributed by atoms with Crippen molar-refractivity contribution in [2.24, 2.45) is 10.1 Å². The Hall–Kier alpha value is -1.38. The van der Waals surface area contributed by atoms with E-state index in [2.05, 4.69) is 16.7 Å². The second-order valence-corrected chi connectivity index (χ2v) is 2.55. The SMILES string of the molecule is C=CN1N=C(C)N=C(C)/C1=C/C. The van der Waals surface area contributed by atoms with Gasteiger partial charge in [0.1, 0.15) is 5.84 Å². The summed E-state index contributed by atoms with van der Waals surface area (Å²) in [6.45, 7) is 9.46. The first-order chi connectivity index (χ1) is 5.69. The van der Waals surface area contributed by atoms with Crippen molar-refractivity contribution < 1.29 is 0 Å². The van der Waals surface area contributed by atoms with Gasteiger partial charge < -0.3 is 0 Å². The Kier molecular flexibility index (Phi) is 2.43. The Morgan fingerprint density at radius 1 is 1.42 bits per heavy atom. The van der Waals surface area contributed by atoms with Crippen LogP contribution in [0, 0.1) is 0 Å². The molecule has 64 valence electrons. The number of rotatable bonds is 1. The molecule has 0 aromatic rings. The van der Waals surface area contributed by atoms with Crippen LogP contribution in [0.5, 0.6) is 0 Å². The molecule has 0 aliphatic carbocycles. The van der Waals surface area contributed by atoms with Crippen LogP contribution in [0.2, 0.25) is 0 Å². The minimum absolute atomic E-state index is 0.762. The molecule has 0 amide bonds. The number of allylic oxidation sites excluding steroid dienone is 2. The fraction of sp³-hybridized carbons (Fsp3) is 0.333. The van der Waals surface area contributed by atoms with Crippen molar-refractivity contribution in [3.8, 4) is 0 Å². The maximum absolute atomic E-state index is 4.24. The van der Waals surface area contributed by atoms with Gasteiger partial charge >= 0.3 is 0 Å². The average Bonchev–Trinajstić information content (AvgIpc) is 2.03. The molecule has 0 bridgehead atoms. The van der Waals surface area contributed by atoms with Gasteiger partial charge in [-0.3, -0.25) is 0 Å². The lowest BCUT2D eigenvalue weighted by Crippen LogP contribution is -2.21. The molecule has 0 saturated heterocycles. The molecule has 0 saturated carbocycles. The number of hydrogen-bond donors (Lipinski definition) is 0. The summed E-state index contributed by atoms with van der Waals surface area (Å²) in [7, 11) is 0. The second kappa shape index (κ2) is 3.34. The number of hydrogen-bond acceptors (Lipinski definition) is 3. The normalized spacial score (nSPS) is 20.6. The van der Waals surface area contributed by atoms with E-state index in [1.165, 1.54) is 0 Å². The predicted octanol–water partition coefficient (Wildman–Crippen LogP) is 2.14. The van der Waals surface area contributed by atoms with Gasteiger partial charge in [-0.15, -0.1) is 0 Å². The van der Waals surface area contributed by atoms with E-state index in [0.29, 0.717) is 0 Å². The highest BCUT2D eigenvalue weighted by Gasteiger charge is 2.12. The van der Waals surface area contributed by atoms with Crippen molar-refractivity contribution >= 4 is 11.5 Å². The number of hydrazone groups is 1. The van der Waals surface area contributed by atoms with Gasteiger partial charge in [0.2, 0.25) is 0 Å². The van der Waals surface area contributed by atoms with Crippen molar-refractivity contribution in [3.05, 3.63) is 24.6 Å². The highest BCUT2D eigenvalue weighted by atomic mass is 15.5. The highest BCUT2D eigenvalue weighted by molar-refractivity contribution is 6.06. The molecule has 0 aromatic carbocycles. The Balaban J connectivity index is 3.07. The maximum atomic E-state index is 4.24. The molecule has 0 N–H and O–H groups in total. The van der Waals surface area contributed by atoms with Gasteiger partial charge in [0.05, 0.1) is 11.4 Å². The maximum Gasteiger partial charge on any atom is 0.146 e. The van der Waals surface area contributed by atoms with Crippen LogP contribution in [0.15, 0.2) is 34.6 Å². The predicted molar refractivity (Wildman–Crippen MR) is 52.0 cm³/mol. The lowest BCUT2D eigenvalue weighted by atomic mass is 10.2. The molecule has 1 rings (SSSR count). The van der Waals surface area contributed by atoms with Crippen molar-refractivity contribution in [2.75, 3.05) is 0 Å². The third kappa shape index (κ3) is 1.44. The summed E-state index contributed by atoms with van der Waals surface area (Å²) in [4.78, 5) is 4.24. The van der Waals surface area contributed by atoms with Crippen molar-refractivity contribution in [2.45, 2.75) is 20.8 Å². The molecular formula is C9H13N3. The van der Waals surface area contributed by atoms with Crippen LogP contribution in [0.1, 0.15) is 20.8 Å². The molecule has 0 unspecified atom stereocenters. The van der Waals surface area contributed by atoms with E-state index < -0.39 is 0 Å². The Bertz CT molecular complexity index is 284. The first-order valence-electron chi connectivity index (χ1n) is 3.88. The van der Waals surface area contributed by atoms with Gasteiger partial charge in [-0.1, -0.05) is 12.7 Å². The zero-order valence-corrected chi connectivity index (χ0v) is 7.70. The van der Waals surface area contributed by atoms with E-state index in [1.54, 1.807) is 11.2 Å². The number of amidine groups is 1. The second-order valence-electron chi connectivity index (χ2n) is 2.55. The summed E-state index contributed by atoms with van der Waals surface area (Å²) in [6, 6.07) is 0. The molecule has 0 fully saturated rings. The summed E-state index contributed by atoms with van der Waals surface area (Å²) >= 11 is 0. The average molecular weight is 163 g/mol. The van der Waals surface area contributed by atoms with Crippen LogP contribution in [0.25, 0.3) is 0 Å². The minimum atomic E-state index is 0.762. The van der Waals surface area contributed by atoms with E-state index in [1.807, 2.05) is 26.8 Å². The first kappa shape index (κ1) is 8.71. The van der Waals surface area contributed by atoms with Gasteiger partial charge in [-0.2, -0.15) is 5.10 Å². The molecule has 3 heteroatoms. The summed E-state index contributed by atoms with van der Waals surface area (Å²) < 4.78 is 0. The Labute approximate surface area is 72.8 Å². The van der Waals surface area contributed by atoms with E-state index in [0.717, 1.165) is 17.2 Å². The zero-order chi connectivity index (χ0) is 9.14. The molecular weight excluding hydrogens is 150 g/mol. The lowest BCUT2D eigenvalue weighted by Gasteiger charge is -2.21. The van der Waals surface area contributed by atoms with Crippen LogP contribution in [0.3, 0.4) is 0 Å². The van der Waals surface area contributed by atoms with E-state index in [4.69, 9.17) is 0 Å². The Morgan fingerprint density at radius 2 is 2.08 bits per heavy atom. The zero-order valence-electron chi connectivity index (χ0n) is 7.70. The standard InChI is InChI=1S/C9H13N3/c1-5-9-7(3)10-8(4)11-12(9)6-2/h5-6H,2H2,1,3-4H3/b9-5-. The molecule has 1 heterocycles. The van der Waals surface area contributed by atoms with Crippen LogP contribution in [-0.4, -0.2) is 16.6 Å². The van der Waals surface area contributed by atoms with Crippen molar-refractivity contribution in [3.63, 3.8) is 0 Å². The molecule has 0 aromatic heterocycles. The molecule has 12 heavy (non-hydrogen) atoms. The summed E-state index contributed by atoms with van der Waals surface area (Å²) in [5.74, 6) is 0.762. The van der Waals surface area contributed by atoms with Gasteiger partial charge in [0.15, 0.2) is 0 Å². The highest BCUT2D eigenvalue weighted by Crippen LogP contribution is 2.13. The number of nitrogens with zero attached hydrogens (tertiary/aromatic N) is 3. The summed E-state index contributed by atoms with van der Waals surface area (Å²) in [5, 5.41) is 5.91. The monoisotopic (exact) mass is 163 g/mol.